The van der Waals surface area contributed by atoms with Crippen LogP contribution in [0, 0.1) is 10.1 Å². The number of methoxy groups -OCH3 is 1. The van der Waals surface area contributed by atoms with Crippen molar-refractivity contribution in [2.45, 2.75) is 36.7 Å². The third kappa shape index (κ3) is 4.23. The molecule has 1 unspecified atom stereocenters. The molecule has 0 aromatic heterocycles. The van der Waals surface area contributed by atoms with Crippen molar-refractivity contribution < 1.29 is 18.1 Å². The fourth-order valence-electron chi connectivity index (χ4n) is 3.28. The molecule has 0 aliphatic heterocycles. The number of rotatable bonds is 7. The average Bonchev–Trinajstić information content (AvgIpc) is 2.73. The van der Waals surface area contributed by atoms with Gasteiger partial charge in [-0.1, -0.05) is 36.4 Å². The SMILES string of the molecule is COc1ccc(CN(C2C=CCCC2)S(=O)(=O)c2ccccc2[N+](=O)[O-])cc1. The predicted octanol–water partition coefficient (Wildman–Crippen LogP) is 3.90. The molecule has 148 valence electrons. The van der Waals surface area contributed by atoms with Crippen LogP contribution in [0.25, 0.3) is 0 Å². The number of para-hydroxylation sites is 1. The zero-order valence-electron chi connectivity index (χ0n) is 15.5. The molecule has 28 heavy (non-hydrogen) atoms. The van der Waals surface area contributed by atoms with Crippen LogP contribution in [-0.2, 0) is 16.6 Å². The van der Waals surface area contributed by atoms with Gasteiger partial charge in [-0.15, -0.1) is 0 Å². The Bertz CT molecular complexity index is 970. The van der Waals surface area contributed by atoms with Gasteiger partial charge in [0.05, 0.1) is 12.0 Å². The monoisotopic (exact) mass is 402 g/mol. The summed E-state index contributed by atoms with van der Waals surface area (Å²) in [5.74, 6) is 0.675. The van der Waals surface area contributed by atoms with Crippen LogP contribution in [0.5, 0.6) is 5.75 Å². The van der Waals surface area contributed by atoms with Crippen LogP contribution >= 0.6 is 0 Å². The summed E-state index contributed by atoms with van der Waals surface area (Å²) in [6, 6.07) is 12.3. The summed E-state index contributed by atoms with van der Waals surface area (Å²) in [4.78, 5) is 10.4. The van der Waals surface area contributed by atoms with Crippen LogP contribution in [0.3, 0.4) is 0 Å². The van der Waals surface area contributed by atoms with E-state index in [1.165, 1.54) is 28.6 Å². The number of hydrogen-bond acceptors (Lipinski definition) is 5. The summed E-state index contributed by atoms with van der Waals surface area (Å²) >= 11 is 0. The van der Waals surface area contributed by atoms with E-state index in [0.29, 0.717) is 12.2 Å². The second kappa shape index (κ2) is 8.53. The van der Waals surface area contributed by atoms with Gasteiger partial charge in [0.25, 0.3) is 15.7 Å². The van der Waals surface area contributed by atoms with E-state index < -0.39 is 20.6 Å². The van der Waals surface area contributed by atoms with E-state index in [2.05, 4.69) is 0 Å². The van der Waals surface area contributed by atoms with Crippen LogP contribution in [0.1, 0.15) is 24.8 Å². The molecule has 1 aliphatic carbocycles. The molecule has 2 aromatic carbocycles. The molecule has 1 aliphatic rings. The molecule has 8 heteroatoms. The van der Waals surface area contributed by atoms with Gasteiger partial charge in [0.1, 0.15) is 5.75 Å². The molecule has 0 heterocycles. The van der Waals surface area contributed by atoms with E-state index in [9.17, 15) is 18.5 Å². The van der Waals surface area contributed by atoms with E-state index in [0.717, 1.165) is 18.4 Å². The van der Waals surface area contributed by atoms with Crippen molar-refractivity contribution in [3.05, 3.63) is 76.4 Å². The Morgan fingerprint density at radius 3 is 2.50 bits per heavy atom. The van der Waals surface area contributed by atoms with E-state index in [1.807, 2.05) is 12.2 Å². The number of sulfonamides is 1. The Labute approximate surface area is 164 Å². The number of benzene rings is 2. The van der Waals surface area contributed by atoms with Crippen LogP contribution in [0.4, 0.5) is 5.69 Å². The molecule has 0 bridgehead atoms. The Morgan fingerprint density at radius 2 is 1.89 bits per heavy atom. The lowest BCUT2D eigenvalue weighted by atomic mass is 10.0. The Hall–Kier alpha value is -2.71. The second-order valence-electron chi connectivity index (χ2n) is 6.55. The number of nitro groups is 1. The molecule has 0 spiro atoms. The molecule has 0 amide bonds. The maximum absolute atomic E-state index is 13.4. The average molecular weight is 402 g/mol. The van der Waals surface area contributed by atoms with E-state index in [4.69, 9.17) is 4.74 Å². The topological polar surface area (TPSA) is 89.8 Å². The van der Waals surface area contributed by atoms with E-state index >= 15 is 0 Å². The maximum Gasteiger partial charge on any atom is 0.289 e. The lowest BCUT2D eigenvalue weighted by Gasteiger charge is -2.30. The van der Waals surface area contributed by atoms with Crippen LogP contribution < -0.4 is 4.74 Å². The Morgan fingerprint density at radius 1 is 1.18 bits per heavy atom. The second-order valence-corrected chi connectivity index (χ2v) is 8.41. The van der Waals surface area contributed by atoms with Crippen LogP contribution in [0.2, 0.25) is 0 Å². The zero-order chi connectivity index (χ0) is 20.1. The lowest BCUT2D eigenvalue weighted by molar-refractivity contribution is -0.387. The van der Waals surface area contributed by atoms with Crippen molar-refractivity contribution in [1.82, 2.24) is 4.31 Å². The first-order chi connectivity index (χ1) is 13.4. The molecule has 0 saturated carbocycles. The normalized spacial score (nSPS) is 16.9. The molecular formula is C20H22N2O5S. The summed E-state index contributed by atoms with van der Waals surface area (Å²) in [5, 5.41) is 11.4. The predicted molar refractivity (Wildman–Crippen MR) is 106 cm³/mol. The standard InChI is InChI=1S/C20H22N2O5S/c1-27-18-13-11-16(12-14-18)15-21(17-7-3-2-4-8-17)28(25,26)20-10-6-5-9-19(20)22(23)24/h3,5-7,9-14,17H,2,4,8,15H2,1H3. The molecule has 0 radical (unpaired) electrons. The fourth-order valence-corrected chi connectivity index (χ4v) is 5.04. The highest BCUT2D eigenvalue weighted by Crippen LogP contribution is 2.31. The van der Waals surface area contributed by atoms with Crippen molar-refractivity contribution in [2.75, 3.05) is 7.11 Å². The molecule has 3 rings (SSSR count). The first-order valence-electron chi connectivity index (χ1n) is 8.98. The minimum atomic E-state index is -4.08. The number of hydrogen-bond donors (Lipinski definition) is 0. The minimum absolute atomic E-state index is 0.118. The summed E-state index contributed by atoms with van der Waals surface area (Å²) in [6.45, 7) is 0.118. The van der Waals surface area contributed by atoms with E-state index in [1.54, 1.807) is 31.4 Å². The largest absolute Gasteiger partial charge is 0.497 e. The van der Waals surface area contributed by atoms with Gasteiger partial charge < -0.3 is 4.74 Å². The van der Waals surface area contributed by atoms with Crippen LogP contribution in [-0.4, -0.2) is 30.8 Å². The first-order valence-corrected chi connectivity index (χ1v) is 10.4. The molecule has 1 atom stereocenters. The van der Waals surface area contributed by atoms with Gasteiger partial charge in [0.2, 0.25) is 0 Å². The fraction of sp³-hybridized carbons (Fsp3) is 0.300. The van der Waals surface area contributed by atoms with Gasteiger partial charge in [0.15, 0.2) is 4.90 Å². The van der Waals surface area contributed by atoms with Gasteiger partial charge in [-0.05, 0) is 43.0 Å². The van der Waals surface area contributed by atoms with Crippen molar-refractivity contribution >= 4 is 15.7 Å². The molecular weight excluding hydrogens is 380 g/mol. The number of ether oxygens (including phenoxy) is 1. The zero-order valence-corrected chi connectivity index (χ0v) is 16.3. The maximum atomic E-state index is 13.4. The van der Waals surface area contributed by atoms with Crippen molar-refractivity contribution in [2.24, 2.45) is 0 Å². The summed E-state index contributed by atoms with van der Waals surface area (Å²) < 4.78 is 33.4. The molecule has 2 aromatic rings. The third-order valence-corrected chi connectivity index (χ3v) is 6.66. The highest BCUT2D eigenvalue weighted by Gasteiger charge is 2.35. The molecule has 0 saturated heterocycles. The number of allylic oxidation sites excluding steroid dienone is 1. The van der Waals surface area contributed by atoms with Crippen LogP contribution in [0.15, 0.2) is 65.6 Å². The van der Waals surface area contributed by atoms with Gasteiger partial charge in [-0.3, -0.25) is 10.1 Å². The smallest absolute Gasteiger partial charge is 0.289 e. The molecule has 0 fully saturated rings. The highest BCUT2D eigenvalue weighted by atomic mass is 32.2. The summed E-state index contributed by atoms with van der Waals surface area (Å²) in [6.07, 6.45) is 6.28. The first kappa shape index (κ1) is 20.0. The Kier molecular flexibility index (Phi) is 6.11. The third-order valence-electron chi connectivity index (χ3n) is 4.74. The minimum Gasteiger partial charge on any atom is -0.497 e. The number of nitrogens with zero attached hydrogens (tertiary/aromatic N) is 2. The van der Waals surface area contributed by atoms with Crippen molar-refractivity contribution in [3.63, 3.8) is 0 Å². The van der Waals surface area contributed by atoms with E-state index in [-0.39, 0.29) is 17.5 Å². The Balaban J connectivity index is 2.03. The van der Waals surface area contributed by atoms with Gasteiger partial charge in [-0.25, -0.2) is 8.42 Å². The molecule has 0 N–H and O–H groups in total. The van der Waals surface area contributed by atoms with Gasteiger partial charge >= 0.3 is 0 Å². The molecule has 7 nitrogen and oxygen atoms in total. The highest BCUT2D eigenvalue weighted by molar-refractivity contribution is 7.89. The number of nitro benzene ring substituents is 1. The summed E-state index contributed by atoms with van der Waals surface area (Å²) in [7, 11) is -2.52. The quantitative estimate of drug-likeness (QED) is 0.398. The van der Waals surface area contributed by atoms with Gasteiger partial charge in [-0.2, -0.15) is 4.31 Å². The lowest BCUT2D eigenvalue weighted by Crippen LogP contribution is -2.39. The van der Waals surface area contributed by atoms with Crippen molar-refractivity contribution in [3.8, 4) is 5.75 Å². The van der Waals surface area contributed by atoms with Crippen molar-refractivity contribution in [1.29, 1.82) is 0 Å². The summed E-state index contributed by atoms with van der Waals surface area (Å²) in [5.41, 5.74) is 0.365. The van der Waals surface area contributed by atoms with Gasteiger partial charge in [0, 0.05) is 18.7 Å².